The van der Waals surface area contributed by atoms with Gasteiger partial charge in [-0.3, -0.25) is 4.79 Å². The number of rotatable bonds is 3. The lowest BCUT2D eigenvalue weighted by atomic mass is 9.82. The molecule has 5 rings (SSSR count). The second kappa shape index (κ2) is 7.52. The van der Waals surface area contributed by atoms with Crippen LogP contribution in [0.3, 0.4) is 0 Å². The molecular weight excluding hydrogens is 502 g/mol. The number of carbonyl (C=O) groups excluding carboxylic acids is 1. The van der Waals surface area contributed by atoms with Crippen LogP contribution in [0.15, 0.2) is 32.6 Å². The average molecular weight is 522 g/mol. The van der Waals surface area contributed by atoms with Gasteiger partial charge in [-0.1, -0.05) is 0 Å². The van der Waals surface area contributed by atoms with Gasteiger partial charge in [0.05, 0.1) is 38.3 Å². The van der Waals surface area contributed by atoms with Crippen molar-refractivity contribution in [2.24, 2.45) is 14.3 Å². The van der Waals surface area contributed by atoms with E-state index in [-0.39, 0.29) is 23.5 Å². The highest BCUT2D eigenvalue weighted by molar-refractivity contribution is 14.2. The van der Waals surface area contributed by atoms with Crippen molar-refractivity contribution >= 4 is 48.6 Å². The molecule has 0 unspecified atom stereocenters. The van der Waals surface area contributed by atoms with E-state index in [4.69, 9.17) is 5.73 Å². The van der Waals surface area contributed by atoms with Crippen LogP contribution in [0.5, 0.6) is 0 Å². The quantitative estimate of drug-likeness (QED) is 0.622. The van der Waals surface area contributed by atoms with Crippen LogP contribution in [0.4, 0.5) is 21.8 Å². The third-order valence-electron chi connectivity index (χ3n) is 5.71. The molecule has 3 aliphatic heterocycles. The van der Waals surface area contributed by atoms with Gasteiger partial charge in [-0.15, -0.1) is 8.37 Å². The maximum Gasteiger partial charge on any atom is 0.256 e. The van der Waals surface area contributed by atoms with Gasteiger partial charge in [0.25, 0.3) is 5.91 Å². The van der Waals surface area contributed by atoms with Gasteiger partial charge in [0, 0.05) is 37.3 Å². The van der Waals surface area contributed by atoms with Crippen LogP contribution < -0.4 is 15.8 Å². The van der Waals surface area contributed by atoms with E-state index in [9.17, 15) is 9.18 Å². The van der Waals surface area contributed by atoms with E-state index in [1.54, 1.807) is 15.2 Å². The maximum atomic E-state index is 14.0. The summed E-state index contributed by atoms with van der Waals surface area (Å²) in [4.78, 5) is 25.8. The number of nitrogens with zero attached hydrogens (tertiary/aromatic N) is 7. The Labute approximate surface area is 182 Å². The number of anilines is 3. The van der Waals surface area contributed by atoms with Crippen LogP contribution in [-0.2, 0) is 0 Å². The number of hydrazone groups is 1. The molecule has 0 saturated carbocycles. The summed E-state index contributed by atoms with van der Waals surface area (Å²) < 4.78 is 20.1. The Morgan fingerprint density at radius 2 is 2.13 bits per heavy atom. The molecule has 156 valence electrons. The Balaban J connectivity index is 1.38. The van der Waals surface area contributed by atoms with E-state index in [1.807, 2.05) is 13.0 Å². The molecule has 9 nitrogen and oxygen atoms in total. The number of amides is 1. The van der Waals surface area contributed by atoms with E-state index in [1.165, 1.54) is 17.3 Å². The molecule has 2 N–H and O–H groups in total. The molecule has 3 aliphatic rings. The fourth-order valence-electron chi connectivity index (χ4n) is 4.23. The highest BCUT2D eigenvalue weighted by Gasteiger charge is 2.44. The number of nitrogen functional groups attached to an aromatic ring is 1. The maximum absolute atomic E-state index is 14.0. The normalized spacial score (nSPS) is 22.5. The number of aryl methyl sites for hydroxylation is 1. The molecule has 2 fully saturated rings. The zero-order chi connectivity index (χ0) is 20.8. The lowest BCUT2D eigenvalue weighted by molar-refractivity contribution is 0.0591. The van der Waals surface area contributed by atoms with Crippen LogP contribution in [-0.4, -0.2) is 50.7 Å². The van der Waals surface area contributed by atoms with Crippen LogP contribution in [0.1, 0.15) is 22.5 Å². The van der Waals surface area contributed by atoms with E-state index in [0.717, 1.165) is 24.5 Å². The minimum absolute atomic E-state index is 0.161. The van der Waals surface area contributed by atoms with Gasteiger partial charge in [-0.2, -0.15) is 10.1 Å². The first-order chi connectivity index (χ1) is 14.5. The summed E-state index contributed by atoms with van der Waals surface area (Å²) in [6.45, 7) is 3.96. The van der Waals surface area contributed by atoms with Gasteiger partial charge in [-0.05, 0) is 31.5 Å². The molecule has 2 atom stereocenters. The molecule has 1 aromatic heterocycles. The molecule has 0 spiro atoms. The highest BCUT2D eigenvalue weighted by Crippen LogP contribution is 2.37. The Bertz CT molecular complexity index is 1040. The number of likely N-dealkylation sites (tertiary alicyclic amines) is 1. The zero-order valence-electron chi connectivity index (χ0n) is 16.2. The standard InChI is InChI=1S/C19H20FIN8O/c1-11-6-17(25-19(22)24-11)28-8-12-4-5-27(9-16(12)28)18(30)14-7-13(20)2-3-15(14)29-23-10-21-26-29/h2-3,6-7,10,12,16H,4-5,8-9H2,1H3,(H2,22,24,25)/t12-,16-/m0/s1. The number of hydrogen-bond donors (Lipinski definition) is 1. The van der Waals surface area contributed by atoms with Crippen molar-refractivity contribution < 1.29 is 9.18 Å². The smallest absolute Gasteiger partial charge is 0.256 e. The van der Waals surface area contributed by atoms with Gasteiger partial charge in [0.15, 0.2) is 0 Å². The Morgan fingerprint density at radius 1 is 1.27 bits per heavy atom. The van der Waals surface area contributed by atoms with Gasteiger partial charge >= 0.3 is 0 Å². The van der Waals surface area contributed by atoms with Crippen molar-refractivity contribution in [3.63, 3.8) is 0 Å². The minimum Gasteiger partial charge on any atom is -0.368 e. The summed E-state index contributed by atoms with van der Waals surface area (Å²) in [7, 11) is 0. The topological polar surface area (TPSA) is 103 Å². The summed E-state index contributed by atoms with van der Waals surface area (Å²) >= 11 is -0.510. The van der Waals surface area contributed by atoms with Crippen LogP contribution in [0.25, 0.3) is 0 Å². The van der Waals surface area contributed by atoms with Crippen molar-refractivity contribution in [2.45, 2.75) is 19.4 Å². The number of carbonyl (C=O) groups is 1. The predicted molar refractivity (Wildman–Crippen MR) is 120 cm³/mol. The van der Waals surface area contributed by atoms with Crippen molar-refractivity contribution in [2.75, 3.05) is 35.4 Å². The molecule has 11 heteroatoms. The third kappa shape index (κ3) is 3.40. The molecule has 30 heavy (non-hydrogen) atoms. The summed E-state index contributed by atoms with van der Waals surface area (Å²) in [6.07, 6.45) is 0.898. The molecule has 1 amide bonds. The molecule has 4 heterocycles. The number of halogens is 2. The number of hydrogen-bond acceptors (Lipinski definition) is 8. The summed E-state index contributed by atoms with van der Waals surface area (Å²) in [5.41, 5.74) is 7.43. The number of fused-ring (bicyclic) bond motifs is 1. The fourth-order valence-corrected chi connectivity index (χ4v) is 5.27. The Kier molecular flexibility index (Phi) is 4.83. The molecule has 0 radical (unpaired) electrons. The van der Waals surface area contributed by atoms with E-state index in [0.29, 0.717) is 24.7 Å². The van der Waals surface area contributed by atoms with Gasteiger partial charge in [-0.25, -0.2) is 9.37 Å². The number of benzene rings is 1. The number of piperidine rings is 1. The molecule has 0 bridgehead atoms. The zero-order valence-corrected chi connectivity index (χ0v) is 18.4. The molecule has 0 aliphatic carbocycles. The first-order valence-corrected chi connectivity index (χ1v) is 11.8. The lowest BCUT2D eigenvalue weighted by Gasteiger charge is -2.54. The number of nitrogens with two attached hydrogens (primary N) is 1. The van der Waals surface area contributed by atoms with E-state index >= 15 is 0 Å². The highest BCUT2D eigenvalue weighted by atomic mass is 127. The molecule has 1 aromatic carbocycles. The predicted octanol–water partition coefficient (Wildman–Crippen LogP) is 2.69. The minimum atomic E-state index is -0.510. The second-order valence-electron chi connectivity index (χ2n) is 7.58. The van der Waals surface area contributed by atoms with Gasteiger partial charge in [0.2, 0.25) is 5.95 Å². The first kappa shape index (κ1) is 19.3. The van der Waals surface area contributed by atoms with Gasteiger partial charge in [0.1, 0.15) is 15.9 Å². The van der Waals surface area contributed by atoms with E-state index in [2.05, 4.69) is 23.2 Å². The first-order valence-electron chi connectivity index (χ1n) is 9.62. The van der Waals surface area contributed by atoms with Crippen molar-refractivity contribution in [3.8, 4) is 0 Å². The number of aromatic nitrogens is 2. The van der Waals surface area contributed by atoms with E-state index < -0.39 is 26.9 Å². The van der Waals surface area contributed by atoms with Crippen molar-refractivity contribution in [3.05, 3.63) is 41.3 Å². The van der Waals surface area contributed by atoms with Crippen LogP contribution in [0.2, 0.25) is 0 Å². The molecule has 2 aromatic rings. The SMILES string of the molecule is Cc1cc(N2C[C@@H]3CCN(C(=O)c4cc(F)ccc4N4N=CI=N4)C[C@@H]32)nc(N)n1. The Morgan fingerprint density at radius 3 is 2.90 bits per heavy atom. The van der Waals surface area contributed by atoms with Gasteiger partial charge < -0.3 is 15.5 Å². The largest absolute Gasteiger partial charge is 0.368 e. The average Bonchev–Trinajstić information content (AvgIpc) is 3.22. The summed E-state index contributed by atoms with van der Waals surface area (Å²) in [6, 6.07) is 6.24. The van der Waals surface area contributed by atoms with Crippen molar-refractivity contribution in [1.82, 2.24) is 14.9 Å². The summed E-state index contributed by atoms with van der Waals surface area (Å²) in [5.74, 6) is 0.881. The van der Waals surface area contributed by atoms with Crippen molar-refractivity contribution in [1.29, 1.82) is 0 Å². The van der Waals surface area contributed by atoms with Crippen LogP contribution >= 0.6 is 21.0 Å². The lowest BCUT2D eigenvalue weighted by Crippen LogP contribution is -2.65. The summed E-state index contributed by atoms with van der Waals surface area (Å²) in [5, 5.41) is 5.63. The third-order valence-corrected chi connectivity index (χ3v) is 6.86. The molecule has 2 saturated heterocycles. The Hall–Kier alpha value is -2.70. The fraction of sp³-hybridized carbons (Fsp3) is 0.368. The monoisotopic (exact) mass is 522 g/mol. The molecular formula is C19H20FIN8O. The second-order valence-corrected chi connectivity index (χ2v) is 9.13. The van der Waals surface area contributed by atoms with Crippen LogP contribution in [0, 0.1) is 18.7 Å².